The molecule has 10 heavy (non-hydrogen) atoms. The van der Waals surface area contributed by atoms with Crippen molar-refractivity contribution in [3.05, 3.63) is 0 Å². The molecule has 0 aromatic carbocycles. The van der Waals surface area contributed by atoms with E-state index in [0.717, 1.165) is 0 Å². The molecule has 0 aliphatic carbocycles. The Bertz CT molecular complexity index is 154. The number of hydrogen-bond acceptors (Lipinski definition) is 4. The molecule has 1 heterocycles. The van der Waals surface area contributed by atoms with E-state index in [1.807, 2.05) is 0 Å². The third-order valence-corrected chi connectivity index (χ3v) is 1.50. The lowest BCUT2D eigenvalue weighted by molar-refractivity contribution is -0.126. The zero-order valence-corrected chi connectivity index (χ0v) is 6.06. The predicted molar refractivity (Wildman–Crippen MR) is 37.3 cm³/mol. The number of hydrogen-bond donors (Lipinski definition) is 1. The third-order valence-electron chi connectivity index (χ3n) is 1.16. The predicted octanol–water partition coefficient (Wildman–Crippen LogP) is -0.878. The summed E-state index contributed by atoms with van der Waals surface area (Å²) in [6, 6.07) is 0. The van der Waals surface area contributed by atoms with Gasteiger partial charge in [-0.15, -0.1) is 0 Å². The monoisotopic (exact) mass is 161 g/mol. The smallest absolute Gasteiger partial charge is 0.268 e. The molecule has 0 aromatic heterocycles. The fourth-order valence-electron chi connectivity index (χ4n) is 0.697. The Balaban J connectivity index is 2.54. The Kier molecular flexibility index (Phi) is 2.18. The van der Waals surface area contributed by atoms with E-state index < -0.39 is 0 Å². The first-order valence-electron chi connectivity index (χ1n) is 2.83. The van der Waals surface area contributed by atoms with E-state index in [0.29, 0.717) is 0 Å². The van der Waals surface area contributed by atoms with Crippen molar-refractivity contribution in [3.8, 4) is 0 Å². The van der Waals surface area contributed by atoms with Gasteiger partial charge in [-0.3, -0.25) is 9.69 Å². The molecule has 0 unspecified atom stereocenters. The summed E-state index contributed by atoms with van der Waals surface area (Å²) in [5.74, 6) is -0.181. The Morgan fingerprint density at radius 2 is 2.50 bits per heavy atom. The maximum atomic E-state index is 10.8. The molecule has 1 rings (SSSR count). The van der Waals surface area contributed by atoms with Gasteiger partial charge < -0.3 is 9.84 Å². The molecule has 1 amide bonds. The zero-order chi connectivity index (χ0) is 7.56. The first-order chi connectivity index (χ1) is 4.75. The second-order valence-electron chi connectivity index (χ2n) is 1.82. The quantitative estimate of drug-likeness (QED) is 0.534. The van der Waals surface area contributed by atoms with Crippen LogP contribution in [0.4, 0.5) is 0 Å². The SMILES string of the molecule is O=C1COC(=S)N1CCO. The average Bonchev–Trinajstić information content (AvgIpc) is 2.20. The fraction of sp³-hybridized carbons (Fsp3) is 0.600. The van der Waals surface area contributed by atoms with Crippen LogP contribution in [0.5, 0.6) is 0 Å². The second kappa shape index (κ2) is 2.94. The molecule has 0 radical (unpaired) electrons. The highest BCUT2D eigenvalue weighted by Gasteiger charge is 2.26. The van der Waals surface area contributed by atoms with Crippen LogP contribution in [-0.4, -0.2) is 40.8 Å². The normalized spacial score (nSPS) is 17.9. The molecule has 0 bridgehead atoms. The number of ether oxygens (including phenoxy) is 1. The lowest BCUT2D eigenvalue weighted by Gasteiger charge is -2.09. The van der Waals surface area contributed by atoms with Gasteiger partial charge in [0.15, 0.2) is 6.61 Å². The van der Waals surface area contributed by atoms with Crippen LogP contribution < -0.4 is 0 Å². The summed E-state index contributed by atoms with van der Waals surface area (Å²) in [6.07, 6.45) is 0. The highest BCUT2D eigenvalue weighted by molar-refractivity contribution is 7.80. The van der Waals surface area contributed by atoms with E-state index in [2.05, 4.69) is 12.2 Å². The Morgan fingerprint density at radius 3 is 2.90 bits per heavy atom. The zero-order valence-electron chi connectivity index (χ0n) is 5.24. The van der Waals surface area contributed by atoms with Gasteiger partial charge in [0, 0.05) is 0 Å². The van der Waals surface area contributed by atoms with Crippen molar-refractivity contribution in [2.24, 2.45) is 0 Å². The number of β-amino-alcohol motifs (C(OH)–C–C–N with tert-alkyl or cyclic N) is 1. The number of thiocarbonyl (C=S) groups is 1. The fourth-order valence-corrected chi connectivity index (χ4v) is 0.949. The van der Waals surface area contributed by atoms with E-state index in [9.17, 15) is 4.79 Å². The van der Waals surface area contributed by atoms with Crippen LogP contribution in [0.3, 0.4) is 0 Å². The van der Waals surface area contributed by atoms with Crippen LogP contribution in [-0.2, 0) is 9.53 Å². The number of nitrogens with zero attached hydrogens (tertiary/aromatic N) is 1. The Morgan fingerprint density at radius 1 is 1.80 bits per heavy atom. The summed E-state index contributed by atoms with van der Waals surface area (Å²) >= 11 is 4.65. The van der Waals surface area contributed by atoms with Gasteiger partial charge in [-0.2, -0.15) is 0 Å². The van der Waals surface area contributed by atoms with Gasteiger partial charge in [0.05, 0.1) is 13.2 Å². The molecule has 56 valence electrons. The summed E-state index contributed by atoms with van der Waals surface area (Å²) in [7, 11) is 0. The molecule has 1 aliphatic rings. The number of rotatable bonds is 2. The maximum Gasteiger partial charge on any atom is 0.268 e. The number of aliphatic hydroxyl groups is 1. The van der Waals surface area contributed by atoms with E-state index in [1.165, 1.54) is 4.90 Å². The van der Waals surface area contributed by atoms with Gasteiger partial charge in [-0.05, 0) is 12.2 Å². The van der Waals surface area contributed by atoms with Crippen molar-refractivity contribution in [2.45, 2.75) is 0 Å². The van der Waals surface area contributed by atoms with Crippen molar-refractivity contribution in [1.29, 1.82) is 0 Å². The number of amides is 1. The van der Waals surface area contributed by atoms with Gasteiger partial charge in [0.2, 0.25) is 0 Å². The van der Waals surface area contributed by atoms with E-state index in [-0.39, 0.29) is 30.8 Å². The first-order valence-corrected chi connectivity index (χ1v) is 3.24. The molecule has 1 aliphatic heterocycles. The van der Waals surface area contributed by atoms with Crippen LogP contribution in [0.2, 0.25) is 0 Å². The number of aliphatic hydroxyl groups excluding tert-OH is 1. The second-order valence-corrected chi connectivity index (χ2v) is 2.17. The van der Waals surface area contributed by atoms with Gasteiger partial charge in [0.25, 0.3) is 11.1 Å². The molecule has 1 fully saturated rings. The Hall–Kier alpha value is -0.680. The van der Waals surface area contributed by atoms with Crippen molar-refractivity contribution < 1.29 is 14.6 Å². The standard InChI is InChI=1S/C5H7NO3S/c7-2-1-6-4(8)3-9-5(6)10/h7H,1-3H2. The summed E-state index contributed by atoms with van der Waals surface area (Å²) in [6.45, 7) is 0.158. The molecule has 1 saturated heterocycles. The lowest BCUT2D eigenvalue weighted by Crippen LogP contribution is -2.31. The van der Waals surface area contributed by atoms with Crippen molar-refractivity contribution >= 4 is 23.3 Å². The number of carbonyl (C=O) groups excluding carboxylic acids is 1. The van der Waals surface area contributed by atoms with Crippen molar-refractivity contribution in [2.75, 3.05) is 19.8 Å². The minimum atomic E-state index is -0.181. The molecule has 0 aromatic rings. The van der Waals surface area contributed by atoms with Gasteiger partial charge in [0.1, 0.15) is 0 Å². The van der Waals surface area contributed by atoms with Crippen LogP contribution >= 0.6 is 12.2 Å². The van der Waals surface area contributed by atoms with E-state index in [1.54, 1.807) is 0 Å². The molecule has 0 atom stereocenters. The molecule has 0 saturated carbocycles. The minimum absolute atomic E-state index is 0.0127. The topological polar surface area (TPSA) is 49.8 Å². The summed E-state index contributed by atoms with van der Waals surface area (Å²) in [5.41, 5.74) is 0. The van der Waals surface area contributed by atoms with Gasteiger partial charge in [-0.25, -0.2) is 0 Å². The highest BCUT2D eigenvalue weighted by Crippen LogP contribution is 2.03. The summed E-state index contributed by atoms with van der Waals surface area (Å²) < 4.78 is 4.73. The van der Waals surface area contributed by atoms with Crippen molar-refractivity contribution in [3.63, 3.8) is 0 Å². The van der Waals surface area contributed by atoms with E-state index >= 15 is 0 Å². The van der Waals surface area contributed by atoms with Gasteiger partial charge in [-0.1, -0.05) is 0 Å². The third kappa shape index (κ3) is 1.25. The number of carbonyl (C=O) groups is 1. The highest BCUT2D eigenvalue weighted by atomic mass is 32.1. The van der Waals surface area contributed by atoms with E-state index in [4.69, 9.17) is 9.84 Å². The Labute approximate surface area is 63.4 Å². The molecular weight excluding hydrogens is 154 g/mol. The molecular formula is C5H7NO3S. The summed E-state index contributed by atoms with van der Waals surface area (Å²) in [4.78, 5) is 12.0. The van der Waals surface area contributed by atoms with Crippen LogP contribution in [0.25, 0.3) is 0 Å². The van der Waals surface area contributed by atoms with Gasteiger partial charge >= 0.3 is 0 Å². The molecule has 0 spiro atoms. The molecule has 1 N–H and O–H groups in total. The van der Waals surface area contributed by atoms with Crippen LogP contribution in [0.1, 0.15) is 0 Å². The van der Waals surface area contributed by atoms with Crippen molar-refractivity contribution in [1.82, 2.24) is 4.90 Å². The van der Waals surface area contributed by atoms with Crippen LogP contribution in [0, 0.1) is 0 Å². The first kappa shape index (κ1) is 7.43. The average molecular weight is 161 g/mol. The molecule has 5 heteroatoms. The minimum Gasteiger partial charge on any atom is -0.460 e. The van der Waals surface area contributed by atoms with Crippen LogP contribution in [0.15, 0.2) is 0 Å². The maximum absolute atomic E-state index is 10.8. The molecule has 4 nitrogen and oxygen atoms in total. The summed E-state index contributed by atoms with van der Waals surface area (Å²) in [5, 5.41) is 8.62. The lowest BCUT2D eigenvalue weighted by atomic mass is 10.5. The largest absolute Gasteiger partial charge is 0.460 e.